The van der Waals surface area contributed by atoms with Gasteiger partial charge in [0, 0.05) is 0 Å². The third-order valence-electron chi connectivity index (χ3n) is 4.18. The first kappa shape index (κ1) is 19.5. The molecule has 0 aliphatic rings. The minimum atomic E-state index is -0.737. The van der Waals surface area contributed by atoms with Crippen molar-refractivity contribution < 1.29 is 19.1 Å². The Hall–Kier alpha value is -2.83. The third kappa shape index (κ3) is 4.41. The highest BCUT2D eigenvalue weighted by Gasteiger charge is 2.29. The summed E-state index contributed by atoms with van der Waals surface area (Å²) in [7, 11) is 1.47. The highest BCUT2D eigenvalue weighted by Crippen LogP contribution is 2.20. The number of aromatic nitrogens is 2. The lowest BCUT2D eigenvalue weighted by Crippen LogP contribution is -2.46. The standard InChI is InChI=1S/C19H25N3O4/c1-5-13(3)16(19(24)26-6-2)20-18(23)17-15(25-4)12-22(21-17)14-10-8-7-9-11-14/h7-13,16H,5-6H2,1-4H3,(H,20,23)/t13-,16+/m1/s1. The van der Waals surface area contributed by atoms with Crippen molar-refractivity contribution in [2.24, 2.45) is 5.92 Å². The van der Waals surface area contributed by atoms with E-state index >= 15 is 0 Å². The largest absolute Gasteiger partial charge is 0.493 e. The molecule has 2 aromatic rings. The van der Waals surface area contributed by atoms with Crippen molar-refractivity contribution in [2.45, 2.75) is 33.2 Å². The number of esters is 1. The van der Waals surface area contributed by atoms with Crippen molar-refractivity contribution in [3.63, 3.8) is 0 Å². The number of carbonyl (C=O) groups is 2. The fourth-order valence-corrected chi connectivity index (χ4v) is 2.49. The smallest absolute Gasteiger partial charge is 0.328 e. The van der Waals surface area contributed by atoms with Crippen LogP contribution in [-0.4, -0.2) is 41.4 Å². The van der Waals surface area contributed by atoms with Gasteiger partial charge in [-0.1, -0.05) is 38.5 Å². The molecule has 0 saturated heterocycles. The van der Waals surface area contributed by atoms with E-state index in [9.17, 15) is 9.59 Å². The Morgan fingerprint density at radius 2 is 1.92 bits per heavy atom. The topological polar surface area (TPSA) is 82.5 Å². The molecule has 0 unspecified atom stereocenters. The number of amides is 1. The van der Waals surface area contributed by atoms with E-state index in [2.05, 4.69) is 10.4 Å². The lowest BCUT2D eigenvalue weighted by molar-refractivity contribution is -0.146. The summed E-state index contributed by atoms with van der Waals surface area (Å²) in [6, 6.07) is 8.66. The molecule has 1 aromatic carbocycles. The molecule has 1 N–H and O–H groups in total. The lowest BCUT2D eigenvalue weighted by atomic mass is 9.99. The Morgan fingerprint density at radius 3 is 2.50 bits per heavy atom. The number of methoxy groups -OCH3 is 1. The van der Waals surface area contributed by atoms with Gasteiger partial charge in [0.1, 0.15) is 6.04 Å². The van der Waals surface area contributed by atoms with Gasteiger partial charge in [-0.15, -0.1) is 0 Å². The van der Waals surface area contributed by atoms with Gasteiger partial charge in [-0.25, -0.2) is 9.48 Å². The van der Waals surface area contributed by atoms with Crippen LogP contribution in [0.3, 0.4) is 0 Å². The van der Waals surface area contributed by atoms with Crippen LogP contribution in [0, 0.1) is 5.92 Å². The Bertz CT molecular complexity index is 742. The molecule has 1 heterocycles. The highest BCUT2D eigenvalue weighted by molar-refractivity contribution is 5.97. The SMILES string of the molecule is CCOC(=O)[C@@H](NC(=O)c1nn(-c2ccccc2)cc1OC)[C@H](C)CC. The first-order valence-electron chi connectivity index (χ1n) is 8.68. The first-order chi connectivity index (χ1) is 12.5. The summed E-state index contributed by atoms with van der Waals surface area (Å²) in [4.78, 5) is 24.9. The molecule has 0 radical (unpaired) electrons. The zero-order chi connectivity index (χ0) is 19.1. The van der Waals surface area contributed by atoms with Gasteiger partial charge in [0.15, 0.2) is 11.4 Å². The van der Waals surface area contributed by atoms with Crippen LogP contribution in [-0.2, 0) is 9.53 Å². The van der Waals surface area contributed by atoms with Crippen molar-refractivity contribution in [1.82, 2.24) is 15.1 Å². The van der Waals surface area contributed by atoms with Crippen molar-refractivity contribution in [1.29, 1.82) is 0 Å². The monoisotopic (exact) mass is 359 g/mol. The quantitative estimate of drug-likeness (QED) is 0.733. The van der Waals surface area contributed by atoms with E-state index in [0.29, 0.717) is 5.75 Å². The summed E-state index contributed by atoms with van der Waals surface area (Å²) in [6.45, 7) is 5.83. The van der Waals surface area contributed by atoms with E-state index in [0.717, 1.165) is 12.1 Å². The van der Waals surface area contributed by atoms with E-state index in [4.69, 9.17) is 9.47 Å². The van der Waals surface area contributed by atoms with E-state index in [-0.39, 0.29) is 18.2 Å². The Kier molecular flexibility index (Phi) is 6.77. The fourth-order valence-electron chi connectivity index (χ4n) is 2.49. The van der Waals surface area contributed by atoms with Crippen LogP contribution in [0.4, 0.5) is 0 Å². The van der Waals surface area contributed by atoms with Crippen LogP contribution < -0.4 is 10.1 Å². The van der Waals surface area contributed by atoms with Crippen LogP contribution in [0.15, 0.2) is 36.5 Å². The van der Waals surface area contributed by atoms with Gasteiger partial charge in [0.2, 0.25) is 0 Å². The molecular formula is C19H25N3O4. The highest BCUT2D eigenvalue weighted by atomic mass is 16.5. The molecule has 0 spiro atoms. The predicted octanol–water partition coefficient (Wildman–Crippen LogP) is 2.59. The van der Waals surface area contributed by atoms with Crippen molar-refractivity contribution in [3.05, 3.63) is 42.2 Å². The van der Waals surface area contributed by atoms with Crippen LogP contribution in [0.25, 0.3) is 5.69 Å². The van der Waals surface area contributed by atoms with Crippen LogP contribution >= 0.6 is 0 Å². The molecule has 7 heteroatoms. The maximum Gasteiger partial charge on any atom is 0.328 e. The molecule has 0 aliphatic carbocycles. The van der Waals surface area contributed by atoms with Crippen molar-refractivity contribution in [3.8, 4) is 11.4 Å². The van der Waals surface area contributed by atoms with E-state index in [1.54, 1.807) is 17.8 Å². The number of hydrogen-bond acceptors (Lipinski definition) is 5. The van der Waals surface area contributed by atoms with Gasteiger partial charge in [-0.2, -0.15) is 5.10 Å². The zero-order valence-corrected chi connectivity index (χ0v) is 15.6. The summed E-state index contributed by atoms with van der Waals surface area (Å²) in [5, 5.41) is 7.06. The summed E-state index contributed by atoms with van der Waals surface area (Å²) in [5.41, 5.74) is 0.919. The number of para-hydroxylation sites is 1. The van der Waals surface area contributed by atoms with Gasteiger partial charge < -0.3 is 14.8 Å². The van der Waals surface area contributed by atoms with Crippen LogP contribution in [0.2, 0.25) is 0 Å². The Balaban J connectivity index is 2.27. The summed E-state index contributed by atoms with van der Waals surface area (Å²) in [6.07, 6.45) is 2.35. The van der Waals surface area contributed by atoms with E-state index in [1.807, 2.05) is 44.2 Å². The number of ether oxygens (including phenoxy) is 2. The summed E-state index contributed by atoms with van der Waals surface area (Å²) >= 11 is 0. The van der Waals surface area contributed by atoms with E-state index < -0.39 is 17.9 Å². The number of nitrogens with one attached hydrogen (secondary N) is 1. The van der Waals surface area contributed by atoms with Gasteiger partial charge in [-0.3, -0.25) is 4.79 Å². The second-order valence-corrected chi connectivity index (χ2v) is 5.91. The number of hydrogen-bond donors (Lipinski definition) is 1. The molecule has 26 heavy (non-hydrogen) atoms. The molecule has 1 aromatic heterocycles. The molecule has 0 aliphatic heterocycles. The van der Waals surface area contributed by atoms with E-state index in [1.165, 1.54) is 7.11 Å². The number of carbonyl (C=O) groups excluding carboxylic acids is 2. The van der Waals surface area contributed by atoms with Crippen LogP contribution in [0.1, 0.15) is 37.7 Å². The molecule has 7 nitrogen and oxygen atoms in total. The third-order valence-corrected chi connectivity index (χ3v) is 4.18. The average Bonchev–Trinajstić information content (AvgIpc) is 3.10. The van der Waals surface area contributed by atoms with Gasteiger partial charge in [0.05, 0.1) is 25.6 Å². The molecule has 0 fully saturated rings. The van der Waals surface area contributed by atoms with Gasteiger partial charge in [0.25, 0.3) is 5.91 Å². The van der Waals surface area contributed by atoms with Gasteiger partial charge >= 0.3 is 5.97 Å². The number of benzene rings is 1. The molecule has 0 saturated carbocycles. The minimum Gasteiger partial charge on any atom is -0.493 e. The molecule has 0 bridgehead atoms. The fraction of sp³-hybridized carbons (Fsp3) is 0.421. The average molecular weight is 359 g/mol. The summed E-state index contributed by atoms with van der Waals surface area (Å²) < 4.78 is 11.9. The maximum atomic E-state index is 12.7. The second-order valence-electron chi connectivity index (χ2n) is 5.91. The Labute approximate surface area is 153 Å². The molecular weight excluding hydrogens is 334 g/mol. The number of nitrogens with zero attached hydrogens (tertiary/aromatic N) is 2. The molecule has 140 valence electrons. The maximum absolute atomic E-state index is 12.7. The first-order valence-corrected chi connectivity index (χ1v) is 8.68. The Morgan fingerprint density at radius 1 is 1.23 bits per heavy atom. The normalized spacial score (nSPS) is 12.9. The van der Waals surface area contributed by atoms with Crippen LogP contribution in [0.5, 0.6) is 5.75 Å². The zero-order valence-electron chi connectivity index (χ0n) is 15.6. The predicted molar refractivity (Wildman–Crippen MR) is 97.5 cm³/mol. The molecule has 2 atom stereocenters. The van der Waals surface area contributed by atoms with Gasteiger partial charge in [-0.05, 0) is 25.0 Å². The summed E-state index contributed by atoms with van der Waals surface area (Å²) in [5.74, 6) is -0.662. The second kappa shape index (κ2) is 9.03. The molecule has 1 amide bonds. The molecule has 2 rings (SSSR count). The van der Waals surface area contributed by atoms with Crippen molar-refractivity contribution >= 4 is 11.9 Å². The number of rotatable bonds is 8. The minimum absolute atomic E-state index is 0.0693. The van der Waals surface area contributed by atoms with Crippen molar-refractivity contribution in [2.75, 3.05) is 13.7 Å². The lowest BCUT2D eigenvalue weighted by Gasteiger charge is -2.22.